The number of hydrogen-bond donors (Lipinski definition) is 1. The summed E-state index contributed by atoms with van der Waals surface area (Å²) in [6, 6.07) is 5.44. The van der Waals surface area contributed by atoms with Crippen LogP contribution in [0.4, 0.5) is 14.6 Å². The number of aromatic nitrogens is 2. The Hall–Kier alpha value is -2.57. The SMILES string of the molecule is CNc1cc(C)nc(C2(C)CCCN2C(=O)c2cccc(F)c2F)n1. The zero-order valence-corrected chi connectivity index (χ0v) is 14.4. The molecule has 2 heterocycles. The molecule has 0 spiro atoms. The highest BCUT2D eigenvalue weighted by molar-refractivity contribution is 5.95. The van der Waals surface area contributed by atoms with Crippen LogP contribution in [0.1, 0.15) is 41.6 Å². The number of anilines is 1. The van der Waals surface area contributed by atoms with Crippen molar-refractivity contribution in [3.8, 4) is 0 Å². The van der Waals surface area contributed by atoms with E-state index >= 15 is 0 Å². The van der Waals surface area contributed by atoms with Crippen molar-refractivity contribution in [2.75, 3.05) is 18.9 Å². The maximum atomic E-state index is 14.1. The monoisotopic (exact) mass is 346 g/mol. The van der Waals surface area contributed by atoms with Crippen molar-refractivity contribution in [2.45, 2.75) is 32.2 Å². The van der Waals surface area contributed by atoms with Gasteiger partial charge in [0.25, 0.3) is 5.91 Å². The Kier molecular flexibility index (Phi) is 4.41. The molecule has 25 heavy (non-hydrogen) atoms. The minimum Gasteiger partial charge on any atom is -0.373 e. The van der Waals surface area contributed by atoms with Crippen molar-refractivity contribution in [3.63, 3.8) is 0 Å². The van der Waals surface area contributed by atoms with E-state index < -0.39 is 23.1 Å². The third-order valence-electron chi connectivity index (χ3n) is 4.66. The molecule has 1 aromatic heterocycles. The molecule has 1 aliphatic heterocycles. The smallest absolute Gasteiger partial charge is 0.257 e. The zero-order chi connectivity index (χ0) is 18.2. The quantitative estimate of drug-likeness (QED) is 0.927. The molecule has 0 radical (unpaired) electrons. The third kappa shape index (κ3) is 2.94. The van der Waals surface area contributed by atoms with Gasteiger partial charge in [-0.3, -0.25) is 4.79 Å². The van der Waals surface area contributed by atoms with Gasteiger partial charge in [-0.15, -0.1) is 0 Å². The molecule has 1 N–H and O–H groups in total. The Morgan fingerprint density at radius 3 is 2.80 bits per heavy atom. The van der Waals surface area contributed by atoms with Crippen LogP contribution in [-0.4, -0.2) is 34.4 Å². The van der Waals surface area contributed by atoms with Gasteiger partial charge in [-0.2, -0.15) is 0 Å². The first-order valence-electron chi connectivity index (χ1n) is 8.16. The van der Waals surface area contributed by atoms with Gasteiger partial charge in [0.05, 0.1) is 5.56 Å². The van der Waals surface area contributed by atoms with E-state index in [2.05, 4.69) is 15.3 Å². The molecular weight excluding hydrogens is 326 g/mol. The van der Waals surface area contributed by atoms with Crippen LogP contribution in [0.15, 0.2) is 24.3 Å². The van der Waals surface area contributed by atoms with Crippen molar-refractivity contribution in [1.29, 1.82) is 0 Å². The number of carbonyl (C=O) groups is 1. The normalized spacial score (nSPS) is 20.0. The summed E-state index contributed by atoms with van der Waals surface area (Å²) in [6.45, 7) is 4.16. The van der Waals surface area contributed by atoms with Gasteiger partial charge in [-0.1, -0.05) is 6.07 Å². The van der Waals surface area contributed by atoms with Crippen LogP contribution in [0, 0.1) is 18.6 Å². The summed E-state index contributed by atoms with van der Waals surface area (Å²) in [5, 5.41) is 2.98. The van der Waals surface area contributed by atoms with Crippen LogP contribution in [-0.2, 0) is 5.54 Å². The average molecular weight is 346 g/mol. The second-order valence-corrected chi connectivity index (χ2v) is 6.40. The van der Waals surface area contributed by atoms with E-state index in [4.69, 9.17) is 0 Å². The van der Waals surface area contributed by atoms with Crippen LogP contribution in [0.3, 0.4) is 0 Å². The highest BCUT2D eigenvalue weighted by Gasteiger charge is 2.44. The number of amides is 1. The molecule has 1 unspecified atom stereocenters. The molecule has 1 amide bonds. The minimum absolute atomic E-state index is 0.269. The molecule has 132 valence electrons. The van der Waals surface area contributed by atoms with Crippen molar-refractivity contribution in [1.82, 2.24) is 14.9 Å². The highest BCUT2D eigenvalue weighted by Crippen LogP contribution is 2.38. The number of benzene rings is 1. The molecule has 0 aliphatic carbocycles. The molecule has 1 saturated heterocycles. The van der Waals surface area contributed by atoms with Gasteiger partial charge < -0.3 is 10.2 Å². The molecule has 1 fully saturated rings. The van der Waals surface area contributed by atoms with Gasteiger partial charge in [-0.25, -0.2) is 18.7 Å². The van der Waals surface area contributed by atoms with Crippen LogP contribution >= 0.6 is 0 Å². The molecule has 7 heteroatoms. The lowest BCUT2D eigenvalue weighted by molar-refractivity contribution is 0.0598. The molecule has 3 rings (SSSR count). The van der Waals surface area contributed by atoms with E-state index in [1.54, 1.807) is 18.0 Å². The van der Waals surface area contributed by atoms with Crippen molar-refractivity contribution in [2.24, 2.45) is 0 Å². The number of aryl methyl sites for hydroxylation is 1. The lowest BCUT2D eigenvalue weighted by atomic mass is 9.96. The summed E-state index contributed by atoms with van der Waals surface area (Å²) in [7, 11) is 1.76. The summed E-state index contributed by atoms with van der Waals surface area (Å²) in [5.74, 6) is -1.55. The van der Waals surface area contributed by atoms with Gasteiger partial charge in [0, 0.05) is 25.4 Å². The van der Waals surface area contributed by atoms with Gasteiger partial charge in [0.2, 0.25) is 0 Å². The van der Waals surface area contributed by atoms with Crippen LogP contribution in [0.25, 0.3) is 0 Å². The van der Waals surface area contributed by atoms with Crippen molar-refractivity contribution < 1.29 is 13.6 Å². The second kappa shape index (κ2) is 6.38. The fourth-order valence-corrected chi connectivity index (χ4v) is 3.27. The maximum Gasteiger partial charge on any atom is 0.257 e. The molecule has 0 bridgehead atoms. The Morgan fingerprint density at radius 2 is 2.08 bits per heavy atom. The fourth-order valence-electron chi connectivity index (χ4n) is 3.27. The topological polar surface area (TPSA) is 58.1 Å². The summed E-state index contributed by atoms with van der Waals surface area (Å²) in [6.07, 6.45) is 1.40. The Bertz CT molecular complexity index is 827. The third-order valence-corrected chi connectivity index (χ3v) is 4.66. The van der Waals surface area contributed by atoms with E-state index in [0.29, 0.717) is 24.6 Å². The highest BCUT2D eigenvalue weighted by atomic mass is 19.2. The standard InChI is InChI=1S/C18H20F2N4O/c1-11-10-14(21-3)23-17(22-11)18(2)8-5-9-24(18)16(25)12-6-4-7-13(19)15(12)20/h4,6-7,10H,5,8-9H2,1-3H3,(H,21,22,23). The number of carbonyl (C=O) groups excluding carboxylic acids is 1. The Morgan fingerprint density at radius 1 is 1.32 bits per heavy atom. The van der Waals surface area contributed by atoms with Gasteiger partial charge in [-0.05, 0) is 38.8 Å². The number of hydrogen-bond acceptors (Lipinski definition) is 4. The number of nitrogens with zero attached hydrogens (tertiary/aromatic N) is 3. The summed E-state index contributed by atoms with van der Waals surface area (Å²) >= 11 is 0. The van der Waals surface area contributed by atoms with E-state index in [-0.39, 0.29) is 5.56 Å². The van der Waals surface area contributed by atoms with E-state index in [9.17, 15) is 13.6 Å². The van der Waals surface area contributed by atoms with Crippen molar-refractivity contribution >= 4 is 11.7 Å². The molecule has 5 nitrogen and oxygen atoms in total. The summed E-state index contributed by atoms with van der Waals surface area (Å²) in [5.41, 5.74) is -0.269. The van der Waals surface area contributed by atoms with E-state index in [1.807, 2.05) is 13.8 Å². The molecule has 1 aromatic carbocycles. The lowest BCUT2D eigenvalue weighted by Crippen LogP contribution is -2.44. The molecule has 1 aliphatic rings. The predicted octanol–water partition coefficient (Wildman–Crippen LogP) is 3.26. The van der Waals surface area contributed by atoms with Gasteiger partial charge in [0.1, 0.15) is 11.4 Å². The summed E-state index contributed by atoms with van der Waals surface area (Å²) < 4.78 is 27.6. The first-order chi connectivity index (χ1) is 11.9. The predicted molar refractivity (Wildman–Crippen MR) is 90.3 cm³/mol. The van der Waals surface area contributed by atoms with Crippen LogP contribution in [0.2, 0.25) is 0 Å². The van der Waals surface area contributed by atoms with Crippen LogP contribution in [0.5, 0.6) is 0 Å². The largest absolute Gasteiger partial charge is 0.373 e. The first-order valence-corrected chi connectivity index (χ1v) is 8.16. The lowest BCUT2D eigenvalue weighted by Gasteiger charge is -2.34. The van der Waals surface area contributed by atoms with E-state index in [1.165, 1.54) is 12.1 Å². The molecule has 0 saturated carbocycles. The van der Waals surface area contributed by atoms with Gasteiger partial charge in [0.15, 0.2) is 17.5 Å². The second-order valence-electron chi connectivity index (χ2n) is 6.40. The Labute approximate surface area is 145 Å². The van der Waals surface area contributed by atoms with Gasteiger partial charge >= 0.3 is 0 Å². The molecule has 1 atom stereocenters. The number of likely N-dealkylation sites (tertiary alicyclic amines) is 1. The van der Waals surface area contributed by atoms with E-state index in [0.717, 1.165) is 18.2 Å². The maximum absolute atomic E-state index is 14.1. The molecular formula is C18H20F2N4O. The number of rotatable bonds is 3. The molecule has 2 aromatic rings. The number of nitrogens with one attached hydrogen (secondary N) is 1. The summed E-state index contributed by atoms with van der Waals surface area (Å²) in [4.78, 5) is 23.4. The number of halogens is 2. The minimum atomic E-state index is -1.12. The zero-order valence-electron chi connectivity index (χ0n) is 14.4. The van der Waals surface area contributed by atoms with Crippen molar-refractivity contribution in [3.05, 3.63) is 53.0 Å². The Balaban J connectivity index is 2.03. The first kappa shape index (κ1) is 17.3. The fraction of sp³-hybridized carbons (Fsp3) is 0.389. The van der Waals surface area contributed by atoms with Crippen LogP contribution < -0.4 is 5.32 Å². The average Bonchev–Trinajstić information content (AvgIpc) is 2.99.